The van der Waals surface area contributed by atoms with Gasteiger partial charge in [0.05, 0.1) is 31.2 Å². The van der Waals surface area contributed by atoms with Gasteiger partial charge in [-0.05, 0) is 61.7 Å². The Hall–Kier alpha value is -2.20. The molecule has 288 valence electrons. The van der Waals surface area contributed by atoms with Crippen molar-refractivity contribution >= 4 is 23.4 Å². The number of fused-ring (bicyclic) bond motifs is 5. The average Bonchev–Trinajstić information content (AvgIpc) is 3.94. The van der Waals surface area contributed by atoms with Gasteiger partial charge in [-0.15, -0.1) is 11.8 Å². The number of anilines is 1. The molecule has 4 aliphatic heterocycles. The minimum Gasteiger partial charge on any atom is -0.504 e. The molecule has 0 bridgehead atoms. The number of likely N-dealkylation sites (N-methyl/N-ethyl adjacent to an activating group) is 1. The molecule has 0 radical (unpaired) electrons. The Bertz CT molecular complexity index is 1860. The second-order valence-corrected chi connectivity index (χ2v) is 15.5. The molecule has 2 fully saturated rings. The normalized spacial score (nSPS) is 23.6. The molecule has 5 atom stereocenters. The van der Waals surface area contributed by atoms with E-state index in [0.717, 1.165) is 41.0 Å². The molecule has 13 heteroatoms. The fourth-order valence-corrected chi connectivity index (χ4v) is 9.93. The Balaban J connectivity index is 0.00000107. The van der Waals surface area contributed by atoms with E-state index in [0.29, 0.717) is 53.1 Å². The maximum Gasteiger partial charge on any atom is 1.00 e. The number of nitrogen functional groups attached to an aromatic ring is 1. The average molecular weight is 786 g/mol. The molecule has 8 rings (SSSR count). The van der Waals surface area contributed by atoms with Crippen molar-refractivity contribution < 1.29 is 85.0 Å². The number of aromatic hydroxyl groups is 1. The van der Waals surface area contributed by atoms with Crippen LogP contribution in [-0.4, -0.2) is 80.4 Å². The van der Waals surface area contributed by atoms with Crippen molar-refractivity contribution in [3.63, 3.8) is 0 Å². The minimum atomic E-state index is -0.416. The molecular formula is C41H54KN4O7S-. The molecule has 5 unspecified atom stereocenters. The molecule has 1 aliphatic carbocycles. The fraction of sp³-hybridized carbons (Fsp3) is 0.488. The van der Waals surface area contributed by atoms with Gasteiger partial charge in [-0.25, -0.2) is 0 Å². The number of thioether (sulfide) groups is 1. The molecule has 4 heterocycles. The van der Waals surface area contributed by atoms with Crippen LogP contribution < -0.4 is 86.1 Å². The standard InChI is InChI=1S/C37H45N4O7S.C3H6.CH3.K/c1-18-8-9-23(32(43)33(18)45-7)30-31-37(49-16-26-24-15-27(44-6)25(38)14-22(24)10-12-40(26)5)29-28(20(3)41(31)13-11-39-30)36-35(46-17-47-36)19(2)34(29)48-21(4)42;1-2-3-1;;/h8-9,14-15,20,26,30-31,37,39,43H,3,10-13,16-17,38H2,1-2,4-7H3;1-3H2;1H3;/q-1;;-1;+1. The van der Waals surface area contributed by atoms with Crippen LogP contribution >= 0.6 is 11.8 Å². The van der Waals surface area contributed by atoms with E-state index in [1.807, 2.05) is 43.8 Å². The predicted molar refractivity (Wildman–Crippen MR) is 209 cm³/mol. The summed E-state index contributed by atoms with van der Waals surface area (Å²) in [5, 5.41) is 15.1. The number of benzene rings is 3. The number of phenols is 1. The van der Waals surface area contributed by atoms with E-state index >= 15 is 0 Å². The van der Waals surface area contributed by atoms with Gasteiger partial charge in [0, 0.05) is 61.1 Å². The number of rotatable bonds is 7. The summed E-state index contributed by atoms with van der Waals surface area (Å²) in [6, 6.07) is 7.30. The van der Waals surface area contributed by atoms with Gasteiger partial charge >= 0.3 is 57.4 Å². The van der Waals surface area contributed by atoms with E-state index in [1.54, 1.807) is 14.2 Å². The van der Waals surface area contributed by atoms with E-state index < -0.39 is 5.97 Å². The molecule has 54 heavy (non-hydrogen) atoms. The van der Waals surface area contributed by atoms with E-state index in [9.17, 15) is 9.90 Å². The first-order valence-corrected chi connectivity index (χ1v) is 19.2. The first kappa shape index (κ1) is 42.9. The number of carbonyl (C=O) groups is 1. The van der Waals surface area contributed by atoms with Crippen LogP contribution in [0.3, 0.4) is 0 Å². The van der Waals surface area contributed by atoms with Crippen molar-refractivity contribution in [2.45, 2.75) is 75.9 Å². The van der Waals surface area contributed by atoms with E-state index in [4.69, 9.17) is 36.3 Å². The zero-order valence-corrected chi connectivity index (χ0v) is 37.0. The number of ether oxygens (including phenoxy) is 5. The molecule has 1 saturated carbocycles. The zero-order valence-electron chi connectivity index (χ0n) is 33.0. The van der Waals surface area contributed by atoms with Gasteiger partial charge in [0.25, 0.3) is 0 Å². The molecule has 0 spiro atoms. The summed E-state index contributed by atoms with van der Waals surface area (Å²) in [4.78, 5) is 17.5. The van der Waals surface area contributed by atoms with Crippen molar-refractivity contribution in [2.75, 3.05) is 59.2 Å². The monoisotopic (exact) mass is 785 g/mol. The van der Waals surface area contributed by atoms with E-state index in [2.05, 4.69) is 28.2 Å². The summed E-state index contributed by atoms with van der Waals surface area (Å²) in [6.07, 6.45) is 5.40. The second kappa shape index (κ2) is 17.9. The zero-order chi connectivity index (χ0) is 36.8. The Kier molecular flexibility index (Phi) is 14.3. The van der Waals surface area contributed by atoms with Gasteiger partial charge in [0.2, 0.25) is 6.79 Å². The first-order valence-electron chi connectivity index (χ1n) is 18.2. The van der Waals surface area contributed by atoms with Crippen LogP contribution in [0.15, 0.2) is 24.3 Å². The van der Waals surface area contributed by atoms with Gasteiger partial charge < -0.3 is 59.1 Å². The second-order valence-electron chi connectivity index (χ2n) is 14.3. The first-order chi connectivity index (χ1) is 25.0. The SMILES string of the molecule is C1CC1.[CH2-]C1c2c3c(c(C)c(OC(C)=O)c2C(SCC2c4cc(OC)c(N)cc4CCN2C)C2C(c4ccc(C)c(OC)c4O)NCCN12)OCO3.[CH3-].[K+]. The van der Waals surface area contributed by atoms with Crippen molar-refractivity contribution in [1.82, 2.24) is 15.1 Å². The van der Waals surface area contributed by atoms with Gasteiger partial charge in [0.1, 0.15) is 11.5 Å². The fourth-order valence-electron chi connectivity index (χ4n) is 8.19. The summed E-state index contributed by atoms with van der Waals surface area (Å²) < 4.78 is 29.5. The summed E-state index contributed by atoms with van der Waals surface area (Å²) in [6.45, 7) is 12.3. The third kappa shape index (κ3) is 7.99. The maximum atomic E-state index is 12.7. The molecule has 3 aromatic rings. The molecule has 0 amide bonds. The number of nitrogens with two attached hydrogens (primary N) is 1. The molecule has 5 aliphatic rings. The van der Waals surface area contributed by atoms with Gasteiger partial charge in [-0.2, -0.15) is 0 Å². The van der Waals surface area contributed by atoms with E-state index in [1.165, 1.54) is 37.3 Å². The van der Waals surface area contributed by atoms with Crippen LogP contribution in [0.1, 0.15) is 88.5 Å². The number of nitrogens with one attached hydrogen (secondary N) is 1. The number of piperazine rings is 1. The van der Waals surface area contributed by atoms with Crippen molar-refractivity contribution in [2.24, 2.45) is 0 Å². The third-order valence-corrected chi connectivity index (χ3v) is 12.3. The van der Waals surface area contributed by atoms with Gasteiger partial charge in [-0.3, -0.25) is 9.69 Å². The number of hydrogen-bond donors (Lipinski definition) is 3. The molecular weight excluding hydrogens is 732 g/mol. The summed E-state index contributed by atoms with van der Waals surface area (Å²) in [5.41, 5.74) is 13.4. The number of aryl methyl sites for hydroxylation is 1. The van der Waals surface area contributed by atoms with Crippen LogP contribution in [-0.2, 0) is 11.2 Å². The van der Waals surface area contributed by atoms with Crippen LogP contribution in [0, 0.1) is 28.2 Å². The molecule has 3 aromatic carbocycles. The third-order valence-electron chi connectivity index (χ3n) is 10.9. The minimum absolute atomic E-state index is 0. The van der Waals surface area contributed by atoms with Gasteiger partial charge in [0.15, 0.2) is 23.0 Å². The smallest absolute Gasteiger partial charge is 0.504 e. The van der Waals surface area contributed by atoms with Crippen LogP contribution in [0.25, 0.3) is 0 Å². The Morgan fingerprint density at radius 3 is 2.44 bits per heavy atom. The molecule has 1 saturated heterocycles. The number of hydrogen-bond acceptors (Lipinski definition) is 12. The summed E-state index contributed by atoms with van der Waals surface area (Å²) in [5.74, 6) is 3.27. The molecule has 0 aromatic heterocycles. The topological polar surface area (TPSA) is 128 Å². The Morgan fingerprint density at radius 2 is 1.78 bits per heavy atom. The van der Waals surface area contributed by atoms with Crippen LogP contribution in [0.5, 0.6) is 34.5 Å². The van der Waals surface area contributed by atoms with Crippen molar-refractivity contribution in [3.8, 4) is 34.5 Å². The Morgan fingerprint density at radius 1 is 1.06 bits per heavy atom. The number of esters is 1. The number of methoxy groups -OCH3 is 2. The largest absolute Gasteiger partial charge is 1.00 e. The van der Waals surface area contributed by atoms with Crippen molar-refractivity contribution in [3.05, 3.63) is 77.6 Å². The molecule has 4 N–H and O–H groups in total. The quantitative estimate of drug-likeness (QED) is 0.106. The maximum absolute atomic E-state index is 12.7. The van der Waals surface area contributed by atoms with Crippen LogP contribution in [0.2, 0.25) is 0 Å². The number of phenolic OH excluding ortho intramolecular Hbond substituents is 1. The van der Waals surface area contributed by atoms with Crippen molar-refractivity contribution in [1.29, 1.82) is 0 Å². The Labute approximate surface area is 367 Å². The number of carbonyl (C=O) groups excluding carboxylic acids is 1. The van der Waals surface area contributed by atoms with Gasteiger partial charge in [-0.1, -0.05) is 37.4 Å². The summed E-state index contributed by atoms with van der Waals surface area (Å²) >= 11 is 1.81. The van der Waals surface area contributed by atoms with E-state index in [-0.39, 0.29) is 101 Å². The molecule has 11 nitrogen and oxygen atoms in total. The van der Waals surface area contributed by atoms with Crippen LogP contribution in [0.4, 0.5) is 5.69 Å². The number of nitrogens with zero attached hydrogens (tertiary/aromatic N) is 2. The summed E-state index contributed by atoms with van der Waals surface area (Å²) in [7, 11) is 5.37. The predicted octanol–water partition coefficient (Wildman–Crippen LogP) is 3.79.